The number of hydrogen-bond donors (Lipinski definition) is 1. The van der Waals surface area contributed by atoms with Gasteiger partial charge >= 0.3 is 0 Å². The number of nitrogens with zero attached hydrogens (tertiary/aromatic N) is 2. The molecule has 0 bridgehead atoms. The zero-order valence-electron chi connectivity index (χ0n) is 8.83. The van der Waals surface area contributed by atoms with Gasteiger partial charge in [-0.25, -0.2) is 4.98 Å². The molecule has 0 aromatic carbocycles. The smallest absolute Gasteiger partial charge is 0.202 e. The van der Waals surface area contributed by atoms with Gasteiger partial charge in [-0.15, -0.1) is 11.6 Å². The van der Waals surface area contributed by atoms with E-state index < -0.39 is 0 Å². The summed E-state index contributed by atoms with van der Waals surface area (Å²) in [5.41, 5.74) is 0. The van der Waals surface area contributed by atoms with E-state index in [1.165, 1.54) is 0 Å². The number of aromatic nitrogens is 2. The molecular weight excluding hydrogens is 198 g/mol. The van der Waals surface area contributed by atoms with E-state index in [1.807, 2.05) is 6.20 Å². The van der Waals surface area contributed by atoms with E-state index in [0.717, 1.165) is 31.9 Å². The van der Waals surface area contributed by atoms with Gasteiger partial charge in [-0.05, 0) is 13.3 Å². The van der Waals surface area contributed by atoms with E-state index >= 15 is 0 Å². The van der Waals surface area contributed by atoms with Gasteiger partial charge in [-0.3, -0.25) is 0 Å². The van der Waals surface area contributed by atoms with Gasteiger partial charge in [0.25, 0.3) is 0 Å². The van der Waals surface area contributed by atoms with Gasteiger partial charge in [-0.2, -0.15) is 0 Å². The van der Waals surface area contributed by atoms with Crippen molar-refractivity contribution in [2.45, 2.75) is 38.6 Å². The van der Waals surface area contributed by atoms with E-state index in [4.69, 9.17) is 11.6 Å². The third kappa shape index (κ3) is 3.22. The molecule has 1 aromatic rings. The van der Waals surface area contributed by atoms with Crippen molar-refractivity contribution in [1.82, 2.24) is 9.55 Å². The molecule has 0 saturated carbocycles. The Bertz CT molecular complexity index is 260. The topological polar surface area (TPSA) is 29.9 Å². The molecule has 1 atom stereocenters. The van der Waals surface area contributed by atoms with Gasteiger partial charge < -0.3 is 9.88 Å². The molecular formula is C10H18ClN3. The summed E-state index contributed by atoms with van der Waals surface area (Å²) in [6, 6.07) is 0. The Hall–Kier alpha value is -0.700. The second-order valence-corrected chi connectivity index (χ2v) is 3.92. The van der Waals surface area contributed by atoms with Crippen molar-refractivity contribution in [3.8, 4) is 0 Å². The quantitative estimate of drug-likeness (QED) is 0.740. The number of nitrogens with one attached hydrogen (secondary N) is 1. The molecule has 4 heteroatoms. The van der Waals surface area contributed by atoms with Crippen molar-refractivity contribution < 1.29 is 0 Å². The highest BCUT2D eigenvalue weighted by Crippen LogP contribution is 2.08. The summed E-state index contributed by atoms with van der Waals surface area (Å²) in [7, 11) is 0. The van der Waals surface area contributed by atoms with Crippen molar-refractivity contribution in [2.75, 3.05) is 11.9 Å². The number of alkyl halides is 1. The largest absolute Gasteiger partial charge is 0.354 e. The van der Waals surface area contributed by atoms with Crippen LogP contribution in [-0.2, 0) is 6.54 Å². The first kappa shape index (κ1) is 11.4. The summed E-state index contributed by atoms with van der Waals surface area (Å²) >= 11 is 6.09. The highest BCUT2D eigenvalue weighted by atomic mass is 35.5. The summed E-state index contributed by atoms with van der Waals surface area (Å²) < 4.78 is 2.07. The molecule has 0 fully saturated rings. The standard InChI is InChI=1S/C10H18ClN3/c1-3-5-9(11)8-13-10-12-6-7-14(10)4-2/h6-7,9H,3-5,8H2,1-2H3,(H,12,13). The van der Waals surface area contributed by atoms with Crippen LogP contribution in [0.3, 0.4) is 0 Å². The molecule has 80 valence electrons. The molecule has 1 N–H and O–H groups in total. The van der Waals surface area contributed by atoms with Crippen LogP contribution in [-0.4, -0.2) is 21.5 Å². The average molecular weight is 216 g/mol. The average Bonchev–Trinajstić information content (AvgIpc) is 2.62. The van der Waals surface area contributed by atoms with E-state index in [0.29, 0.717) is 0 Å². The fourth-order valence-electron chi connectivity index (χ4n) is 1.35. The van der Waals surface area contributed by atoms with E-state index in [9.17, 15) is 0 Å². The van der Waals surface area contributed by atoms with Crippen LogP contribution in [0.25, 0.3) is 0 Å². The lowest BCUT2D eigenvalue weighted by Crippen LogP contribution is -2.16. The molecule has 14 heavy (non-hydrogen) atoms. The van der Waals surface area contributed by atoms with Crippen LogP contribution in [0.2, 0.25) is 0 Å². The Morgan fingerprint density at radius 2 is 2.36 bits per heavy atom. The van der Waals surface area contributed by atoms with Crippen LogP contribution >= 0.6 is 11.6 Å². The number of rotatable bonds is 6. The lowest BCUT2D eigenvalue weighted by molar-refractivity contribution is 0.728. The van der Waals surface area contributed by atoms with E-state index in [-0.39, 0.29) is 5.38 Å². The Labute approximate surface area is 90.5 Å². The number of imidazole rings is 1. The predicted octanol–water partition coefficient (Wildman–Crippen LogP) is 2.72. The van der Waals surface area contributed by atoms with Crippen LogP contribution in [0.1, 0.15) is 26.7 Å². The summed E-state index contributed by atoms with van der Waals surface area (Å²) in [6.07, 6.45) is 5.93. The first-order chi connectivity index (χ1) is 6.77. The van der Waals surface area contributed by atoms with Crippen molar-refractivity contribution in [2.24, 2.45) is 0 Å². The minimum atomic E-state index is 0.196. The Morgan fingerprint density at radius 3 is 3.00 bits per heavy atom. The highest BCUT2D eigenvalue weighted by Gasteiger charge is 2.05. The van der Waals surface area contributed by atoms with Gasteiger partial charge in [0.15, 0.2) is 0 Å². The van der Waals surface area contributed by atoms with Gasteiger partial charge in [0, 0.05) is 25.5 Å². The molecule has 0 aliphatic rings. The Kier molecular flexibility index (Phi) is 4.80. The van der Waals surface area contributed by atoms with Crippen LogP contribution < -0.4 is 5.32 Å². The highest BCUT2D eigenvalue weighted by molar-refractivity contribution is 6.20. The van der Waals surface area contributed by atoms with Crippen LogP contribution in [0, 0.1) is 0 Å². The Morgan fingerprint density at radius 1 is 1.57 bits per heavy atom. The van der Waals surface area contributed by atoms with Crippen LogP contribution in [0.5, 0.6) is 0 Å². The maximum Gasteiger partial charge on any atom is 0.202 e. The first-order valence-corrected chi connectivity index (χ1v) is 5.60. The monoisotopic (exact) mass is 215 g/mol. The van der Waals surface area contributed by atoms with Crippen LogP contribution in [0.4, 0.5) is 5.95 Å². The first-order valence-electron chi connectivity index (χ1n) is 5.17. The minimum absolute atomic E-state index is 0.196. The number of halogens is 1. The number of hydrogen-bond acceptors (Lipinski definition) is 2. The van der Waals surface area contributed by atoms with Crippen molar-refractivity contribution in [3.05, 3.63) is 12.4 Å². The maximum atomic E-state index is 6.09. The summed E-state index contributed by atoms with van der Waals surface area (Å²) in [5.74, 6) is 0.911. The predicted molar refractivity (Wildman–Crippen MR) is 60.9 cm³/mol. The normalized spacial score (nSPS) is 12.8. The zero-order valence-corrected chi connectivity index (χ0v) is 9.59. The summed E-state index contributed by atoms with van der Waals surface area (Å²) in [5, 5.41) is 3.44. The third-order valence-corrected chi connectivity index (χ3v) is 2.51. The molecule has 1 unspecified atom stereocenters. The fraction of sp³-hybridized carbons (Fsp3) is 0.700. The second-order valence-electron chi connectivity index (χ2n) is 3.30. The molecule has 3 nitrogen and oxygen atoms in total. The van der Waals surface area contributed by atoms with Gasteiger partial charge in [-0.1, -0.05) is 13.3 Å². The molecule has 0 radical (unpaired) electrons. The molecule has 0 saturated heterocycles. The molecule has 0 amide bonds. The number of aryl methyl sites for hydroxylation is 1. The van der Waals surface area contributed by atoms with Gasteiger partial charge in [0.05, 0.1) is 5.38 Å². The van der Waals surface area contributed by atoms with Crippen molar-refractivity contribution in [1.29, 1.82) is 0 Å². The third-order valence-electron chi connectivity index (χ3n) is 2.14. The van der Waals surface area contributed by atoms with Crippen molar-refractivity contribution >= 4 is 17.5 Å². The summed E-state index contributed by atoms with van der Waals surface area (Å²) in [6.45, 7) is 5.95. The molecule has 0 spiro atoms. The second kappa shape index (κ2) is 5.91. The maximum absolute atomic E-state index is 6.09. The van der Waals surface area contributed by atoms with Crippen LogP contribution in [0.15, 0.2) is 12.4 Å². The molecule has 1 aromatic heterocycles. The molecule has 0 aliphatic heterocycles. The SMILES string of the molecule is CCCC(Cl)CNc1nccn1CC. The van der Waals surface area contributed by atoms with Crippen molar-refractivity contribution in [3.63, 3.8) is 0 Å². The number of anilines is 1. The van der Waals surface area contributed by atoms with E-state index in [1.54, 1.807) is 6.20 Å². The molecule has 1 heterocycles. The fourth-order valence-corrected chi connectivity index (χ4v) is 1.64. The van der Waals surface area contributed by atoms with Gasteiger partial charge in [0.2, 0.25) is 5.95 Å². The lowest BCUT2D eigenvalue weighted by atomic mass is 10.2. The molecule has 1 rings (SSSR count). The Balaban J connectivity index is 2.37. The lowest BCUT2D eigenvalue weighted by Gasteiger charge is -2.11. The summed E-state index contributed by atoms with van der Waals surface area (Å²) in [4.78, 5) is 4.21. The van der Waals surface area contributed by atoms with Gasteiger partial charge in [0.1, 0.15) is 0 Å². The minimum Gasteiger partial charge on any atom is -0.354 e. The van der Waals surface area contributed by atoms with E-state index in [2.05, 4.69) is 28.7 Å². The molecule has 0 aliphatic carbocycles. The zero-order chi connectivity index (χ0) is 10.4.